The van der Waals surface area contributed by atoms with Gasteiger partial charge in [-0.2, -0.15) is 0 Å². The minimum atomic E-state index is -2.51. The van der Waals surface area contributed by atoms with Crippen LogP contribution in [0.1, 0.15) is 394 Å². The maximum Gasteiger partial charge on any atom is 0.340 e. The Morgan fingerprint density at radius 1 is 0.351 bits per heavy atom. The molecule has 0 amide bonds. The largest absolute Gasteiger partial charge is 0.340 e. The zero-order valence-corrected chi connectivity index (χ0v) is 52.4. The van der Waals surface area contributed by atoms with Gasteiger partial charge in [0, 0.05) is 0 Å². The Labute approximate surface area is 466 Å². The van der Waals surface area contributed by atoms with Crippen molar-refractivity contribution in [3.05, 3.63) is 0 Å². The van der Waals surface area contributed by atoms with Gasteiger partial charge in [0.25, 0.3) is 0 Å². The van der Waals surface area contributed by atoms with Crippen molar-refractivity contribution in [3.63, 3.8) is 0 Å². The van der Waals surface area contributed by atoms with E-state index in [1.165, 1.54) is 340 Å². The van der Waals surface area contributed by atoms with E-state index in [1.54, 1.807) is 0 Å². The molecule has 6 rings (SSSR count). The van der Waals surface area contributed by atoms with Crippen LogP contribution < -0.4 is 0 Å². The van der Waals surface area contributed by atoms with E-state index >= 15 is 0 Å². The molecule has 6 fully saturated rings. The highest BCUT2D eigenvalue weighted by molar-refractivity contribution is 7.54. The summed E-state index contributed by atoms with van der Waals surface area (Å²) in [6.45, 7) is 9.35. The Bertz CT molecular complexity index is 1100. The SMILES string of the molecule is CCCCCCCCCCCCCCC1(C(CCCCCCCCCCCCC)(CCCCCCCCCCCCC)CCCCCCCCCCCCC)C2CCC(CC2)OP(OP(O)O)OC2CCC1CC2. The van der Waals surface area contributed by atoms with Crippen molar-refractivity contribution in [2.45, 2.75) is 406 Å². The highest BCUT2D eigenvalue weighted by Crippen LogP contribution is 2.67. The van der Waals surface area contributed by atoms with Crippen LogP contribution in [0, 0.1) is 22.7 Å². The first-order valence-electron chi connectivity index (χ1n) is 34.4. The fourth-order valence-corrected chi connectivity index (χ4v) is 17.1. The smallest absolute Gasteiger partial charge is 0.328 e. The highest BCUT2D eigenvalue weighted by atomic mass is 31.2. The molecule has 5 nitrogen and oxygen atoms in total. The lowest BCUT2D eigenvalue weighted by Crippen LogP contribution is -2.54. The molecule has 6 aliphatic rings. The highest BCUT2D eigenvalue weighted by Gasteiger charge is 2.58. The van der Waals surface area contributed by atoms with Gasteiger partial charge in [-0.25, -0.2) is 4.31 Å². The summed E-state index contributed by atoms with van der Waals surface area (Å²) in [5.74, 6) is 1.51. The van der Waals surface area contributed by atoms with E-state index in [9.17, 15) is 9.79 Å². The Kier molecular flexibility index (Phi) is 44.1. The molecule has 4 bridgehead atoms. The summed E-state index contributed by atoms with van der Waals surface area (Å²) in [6, 6.07) is 0. The van der Waals surface area contributed by atoms with Crippen LogP contribution in [-0.4, -0.2) is 22.0 Å². The normalized spacial score (nSPS) is 22.5. The van der Waals surface area contributed by atoms with Gasteiger partial charge in [0.05, 0.1) is 12.2 Å². The standard InChI is InChI=1S/C67H132O5P2/c1-5-9-13-17-21-25-29-33-37-41-45-49-61-67(62-50-54-64(55-51-62)70-74(72-73(68)69)71-65-56-52-63(67)53-57-65)66(58-46-42-38-34-30-26-22-18-14-10-6-2,59-47-43-39-35-31-27-23-19-15-11-7-3)60-48-44-40-36-32-28-24-20-16-12-8-4/h62-65,68-69H,5-61H2,1-4H3. The fraction of sp³-hybridized carbons (Fsp3) is 1.00. The fourth-order valence-electron chi connectivity index (χ4n) is 15.3. The first-order valence-corrected chi connectivity index (χ1v) is 36.7. The number of hydrogen-bond acceptors (Lipinski definition) is 5. The third kappa shape index (κ3) is 30.5. The Hall–Kier alpha value is 0.660. The molecule has 0 spiro atoms. The monoisotopic (exact) mass is 1080 g/mol. The van der Waals surface area contributed by atoms with Crippen LogP contribution in [0.2, 0.25) is 0 Å². The molecular formula is C67H132O5P2. The van der Waals surface area contributed by atoms with Crippen LogP contribution in [-0.2, 0) is 13.4 Å². The van der Waals surface area contributed by atoms with Crippen molar-refractivity contribution in [2.75, 3.05) is 0 Å². The van der Waals surface area contributed by atoms with E-state index in [4.69, 9.17) is 13.4 Å². The van der Waals surface area contributed by atoms with Crippen LogP contribution >= 0.6 is 17.2 Å². The first-order chi connectivity index (χ1) is 36.4. The molecule has 0 unspecified atom stereocenters. The summed E-state index contributed by atoms with van der Waals surface area (Å²) in [6.07, 6.45) is 79.7. The zero-order valence-electron chi connectivity index (χ0n) is 50.6. The average Bonchev–Trinajstić information content (AvgIpc) is 3.40. The van der Waals surface area contributed by atoms with Crippen LogP contribution in [0.4, 0.5) is 0 Å². The molecule has 4 heterocycles. The minimum absolute atomic E-state index is 0.0916. The van der Waals surface area contributed by atoms with Gasteiger partial charge >= 0.3 is 17.2 Å². The van der Waals surface area contributed by atoms with Gasteiger partial charge in [-0.15, -0.1) is 0 Å². The summed E-state index contributed by atoms with van der Waals surface area (Å²) in [5.41, 5.74) is 0.782. The van der Waals surface area contributed by atoms with Gasteiger partial charge in [-0.3, -0.25) is 0 Å². The molecular weight excluding hydrogens is 947 g/mol. The van der Waals surface area contributed by atoms with Gasteiger partial charge in [-0.1, -0.05) is 317 Å². The Balaban J connectivity index is 1.93. The predicted molar refractivity (Wildman–Crippen MR) is 327 cm³/mol. The second kappa shape index (κ2) is 47.3. The second-order valence-corrected chi connectivity index (χ2v) is 27.6. The molecule has 4 aliphatic heterocycles. The summed E-state index contributed by atoms with van der Waals surface area (Å²) in [7, 11) is -4.26. The molecule has 2 saturated carbocycles. The van der Waals surface area contributed by atoms with Crippen molar-refractivity contribution >= 4 is 17.2 Å². The van der Waals surface area contributed by atoms with Crippen molar-refractivity contribution in [1.29, 1.82) is 0 Å². The third-order valence-electron chi connectivity index (χ3n) is 19.6. The van der Waals surface area contributed by atoms with Crippen LogP contribution in [0.3, 0.4) is 0 Å². The van der Waals surface area contributed by atoms with Crippen LogP contribution in [0.15, 0.2) is 0 Å². The molecule has 440 valence electrons. The molecule has 2 aliphatic carbocycles. The summed E-state index contributed by atoms with van der Waals surface area (Å²) in [4.78, 5) is 20.0. The first kappa shape index (κ1) is 68.9. The lowest BCUT2D eigenvalue weighted by atomic mass is 9.43. The van der Waals surface area contributed by atoms with E-state index in [0.717, 1.165) is 37.5 Å². The number of unbranched alkanes of at least 4 members (excludes halogenated alkanes) is 41. The second-order valence-electron chi connectivity index (χ2n) is 25.5. The lowest BCUT2D eigenvalue weighted by molar-refractivity contribution is -0.138. The van der Waals surface area contributed by atoms with Crippen molar-refractivity contribution in [3.8, 4) is 0 Å². The maximum atomic E-state index is 9.99. The van der Waals surface area contributed by atoms with E-state index in [0.29, 0.717) is 10.8 Å². The van der Waals surface area contributed by atoms with Gasteiger partial charge in [-0.05, 0) is 99.7 Å². The maximum absolute atomic E-state index is 9.99. The van der Waals surface area contributed by atoms with Gasteiger partial charge < -0.3 is 18.8 Å². The van der Waals surface area contributed by atoms with Gasteiger partial charge in [0.15, 0.2) is 0 Å². The molecule has 74 heavy (non-hydrogen) atoms. The van der Waals surface area contributed by atoms with Gasteiger partial charge in [0.2, 0.25) is 0 Å². The van der Waals surface area contributed by atoms with Crippen molar-refractivity contribution in [2.24, 2.45) is 22.7 Å². The van der Waals surface area contributed by atoms with Crippen LogP contribution in [0.25, 0.3) is 0 Å². The quantitative estimate of drug-likeness (QED) is 0.0469. The summed E-state index contributed by atoms with van der Waals surface area (Å²) in [5, 5.41) is 0. The van der Waals surface area contributed by atoms with E-state index in [2.05, 4.69) is 27.7 Å². The number of rotatable bonds is 52. The predicted octanol–water partition coefficient (Wildman–Crippen LogP) is 24.8. The molecule has 4 saturated heterocycles. The molecule has 7 heteroatoms. The van der Waals surface area contributed by atoms with Crippen molar-refractivity contribution < 1.29 is 23.1 Å². The minimum Gasteiger partial charge on any atom is -0.328 e. The zero-order chi connectivity index (χ0) is 52.9. The van der Waals surface area contributed by atoms with Gasteiger partial charge in [0.1, 0.15) is 0 Å². The van der Waals surface area contributed by atoms with Crippen molar-refractivity contribution in [1.82, 2.24) is 0 Å². The topological polar surface area (TPSA) is 68.2 Å². The van der Waals surface area contributed by atoms with Crippen LogP contribution in [0.5, 0.6) is 0 Å². The van der Waals surface area contributed by atoms with E-state index in [-0.39, 0.29) is 12.2 Å². The molecule has 0 radical (unpaired) electrons. The molecule has 2 N–H and O–H groups in total. The van der Waals surface area contributed by atoms with E-state index in [1.807, 2.05) is 0 Å². The molecule has 0 aromatic rings. The van der Waals surface area contributed by atoms with E-state index < -0.39 is 17.2 Å². The summed E-state index contributed by atoms with van der Waals surface area (Å²) < 4.78 is 18.9. The number of hydrogen-bond donors (Lipinski definition) is 2. The Morgan fingerprint density at radius 3 is 0.824 bits per heavy atom. The third-order valence-corrected chi connectivity index (χ3v) is 21.7. The molecule has 0 atom stereocenters. The Morgan fingerprint density at radius 2 is 0.581 bits per heavy atom. The molecule has 0 aromatic heterocycles. The molecule has 0 aromatic carbocycles. The lowest BCUT2D eigenvalue weighted by Gasteiger charge is -2.62. The summed E-state index contributed by atoms with van der Waals surface area (Å²) >= 11 is 0. The average molecular weight is 1080 g/mol.